The molecule has 9 aromatic rings. The van der Waals surface area contributed by atoms with Gasteiger partial charge in [-0.05, 0) is 128 Å². The molecule has 0 saturated carbocycles. The minimum absolute atomic E-state index is 0.137. The van der Waals surface area contributed by atoms with Crippen LogP contribution < -0.4 is 31.9 Å². The van der Waals surface area contributed by atoms with Crippen LogP contribution >= 0.6 is 0 Å². The van der Waals surface area contributed by atoms with E-state index in [2.05, 4.69) is 67.6 Å². The number of aryl methyl sites for hydroxylation is 3. The van der Waals surface area contributed by atoms with Crippen molar-refractivity contribution in [3.8, 4) is 0 Å². The van der Waals surface area contributed by atoms with Crippen LogP contribution in [0.2, 0.25) is 0 Å². The van der Waals surface area contributed by atoms with Gasteiger partial charge in [0.25, 0.3) is 0 Å². The Bertz CT molecular complexity index is 3410. The van der Waals surface area contributed by atoms with Crippen LogP contribution in [0.4, 0.5) is 17.1 Å². The molecule has 3 heterocycles. The fourth-order valence-corrected chi connectivity index (χ4v) is 11.5. The Labute approximate surface area is 497 Å². The van der Waals surface area contributed by atoms with Crippen LogP contribution in [0.25, 0.3) is 32.7 Å². The van der Waals surface area contributed by atoms with Crippen molar-refractivity contribution in [1.29, 1.82) is 0 Å². The van der Waals surface area contributed by atoms with Crippen molar-refractivity contribution in [3.05, 3.63) is 196 Å². The quantitative estimate of drug-likeness (QED) is 0.0228. The summed E-state index contributed by atoms with van der Waals surface area (Å²) in [5, 5.41) is 21.2. The fourth-order valence-electron chi connectivity index (χ4n) is 11.5. The molecule has 0 fully saturated rings. The van der Waals surface area contributed by atoms with Crippen LogP contribution in [0.1, 0.15) is 135 Å². The number of carbonyl (C=O) groups is 6. The smallest absolute Gasteiger partial charge is 0.246 e. The summed E-state index contributed by atoms with van der Waals surface area (Å²) in [7, 11) is 0. The van der Waals surface area contributed by atoms with Gasteiger partial charge < -0.3 is 46.9 Å². The Balaban J connectivity index is 0.925. The number of hydrogen-bond donors (Lipinski definition) is 9. The Morgan fingerprint density at radius 1 is 0.365 bits per heavy atom. The van der Waals surface area contributed by atoms with Gasteiger partial charge in [-0.3, -0.25) is 28.8 Å². The summed E-state index contributed by atoms with van der Waals surface area (Å²) in [5.41, 5.74) is 12.7. The molecule has 15 nitrogen and oxygen atoms in total. The third-order valence-corrected chi connectivity index (χ3v) is 16.1. The van der Waals surface area contributed by atoms with Gasteiger partial charge in [0.2, 0.25) is 35.4 Å². The van der Waals surface area contributed by atoms with Crippen LogP contribution in [0.5, 0.6) is 0 Å². The number of aromatic amines is 3. The summed E-state index contributed by atoms with van der Waals surface area (Å²) in [5.74, 6) is -1.97. The number of para-hydroxylation sites is 3. The Morgan fingerprint density at radius 2 is 0.624 bits per heavy atom. The number of carbonyl (C=O) groups excluding carboxylic acids is 6. The summed E-state index contributed by atoms with van der Waals surface area (Å²) in [4.78, 5) is 92.9. The van der Waals surface area contributed by atoms with E-state index in [-0.39, 0.29) is 60.6 Å². The van der Waals surface area contributed by atoms with Crippen LogP contribution in [-0.2, 0) is 48.0 Å². The van der Waals surface area contributed by atoms with Gasteiger partial charge in [-0.25, -0.2) is 0 Å². The van der Waals surface area contributed by atoms with Gasteiger partial charge in [-0.15, -0.1) is 0 Å². The molecule has 6 amide bonds. The summed E-state index contributed by atoms with van der Waals surface area (Å²) in [6, 6.07) is 44.3. The minimum Gasteiger partial charge on any atom is -0.358 e. The second-order valence-electron chi connectivity index (χ2n) is 22.4. The summed E-state index contributed by atoms with van der Waals surface area (Å²) >= 11 is 0. The van der Waals surface area contributed by atoms with Crippen LogP contribution in [0.15, 0.2) is 146 Å². The summed E-state index contributed by atoms with van der Waals surface area (Å²) < 4.78 is 0. The standard InChI is InChI=1S/C70H79N9O6/c1-7-10-22-61(77-64(80)40-55-43(4)71-58-25-16-13-19-52(55)58)68(83)74-49-34-28-46(29-35-49)67(47-30-36-50(37-31-47)75-69(84)62(23-11-8-2)78-65(81)41-56-44(5)72-59-26-17-14-20-53(56)59)48-32-38-51(39-33-48)76-70(85)63(24-12-9-3)79-66(82)42-57-45(6)73-60-27-18-15-21-54(57)60/h13-21,25-39,61-63,67,71-73H,7-12,22-24,40-42H2,1-6H3,(H,74,83)(H,75,84)(H,76,85)(H,77,80)(H,78,81)(H,79,82)/t61-,62-,63-/m0/s1. The molecule has 0 aliphatic heterocycles. The number of rotatable bonds is 27. The topological polar surface area (TPSA) is 222 Å². The second kappa shape index (κ2) is 28.4. The number of nitrogens with one attached hydrogen (secondary N) is 9. The zero-order chi connectivity index (χ0) is 60.0. The molecule has 0 aliphatic rings. The molecule has 6 aromatic carbocycles. The molecule has 0 unspecified atom stereocenters. The van der Waals surface area contributed by atoms with E-state index < -0.39 is 18.1 Å². The first-order valence-electron chi connectivity index (χ1n) is 30.0. The number of unbranched alkanes of at least 4 members (excludes halogenated alkanes) is 3. The number of aromatic nitrogens is 3. The van der Waals surface area contributed by atoms with Gasteiger partial charge in [0.15, 0.2) is 0 Å². The predicted octanol–water partition coefficient (Wildman–Crippen LogP) is 12.8. The SMILES string of the molecule is CCCC[C@H](NC(=O)Cc1c(C)[nH]c2ccccc12)C(=O)Nc1ccc(C(c2ccc(NC(=O)[C@H](CCCC)NC(=O)Cc3c(C)[nH]c4ccccc34)cc2)c2ccc(NC(=O)[C@H](CCCC)NC(=O)Cc3c(C)[nH]c4ccccc34)cc2)cc1. The average molecular weight is 1140 g/mol. The maximum atomic E-state index is 14.0. The Kier molecular flexibility index (Phi) is 20.1. The maximum Gasteiger partial charge on any atom is 0.246 e. The van der Waals surface area contributed by atoms with Gasteiger partial charge in [0.05, 0.1) is 19.3 Å². The van der Waals surface area contributed by atoms with Crippen molar-refractivity contribution in [2.75, 3.05) is 16.0 Å². The van der Waals surface area contributed by atoms with Crippen molar-refractivity contribution in [1.82, 2.24) is 30.9 Å². The third-order valence-electron chi connectivity index (χ3n) is 16.1. The molecule has 0 saturated heterocycles. The first-order chi connectivity index (χ1) is 41.2. The van der Waals surface area contributed by atoms with Crippen LogP contribution in [0.3, 0.4) is 0 Å². The number of H-pyrrole nitrogens is 3. The normalized spacial score (nSPS) is 12.5. The largest absolute Gasteiger partial charge is 0.358 e. The zero-order valence-corrected chi connectivity index (χ0v) is 49.6. The predicted molar refractivity (Wildman–Crippen MR) is 341 cm³/mol. The van der Waals surface area contributed by atoms with Crippen LogP contribution in [0, 0.1) is 20.8 Å². The maximum absolute atomic E-state index is 14.0. The van der Waals surface area contributed by atoms with Crippen molar-refractivity contribution < 1.29 is 28.8 Å². The monoisotopic (exact) mass is 1140 g/mol. The highest BCUT2D eigenvalue weighted by atomic mass is 16.2. The zero-order valence-electron chi connectivity index (χ0n) is 49.6. The van der Waals surface area contributed by atoms with Gasteiger partial charge in [0.1, 0.15) is 18.1 Å². The van der Waals surface area contributed by atoms with Crippen molar-refractivity contribution >= 4 is 85.2 Å². The molecule has 15 heteroatoms. The van der Waals surface area contributed by atoms with E-state index in [9.17, 15) is 28.8 Å². The Morgan fingerprint density at radius 3 is 0.882 bits per heavy atom. The molecular weight excluding hydrogens is 1060 g/mol. The fraction of sp³-hybridized carbons (Fsp3) is 0.314. The molecule has 3 atom stereocenters. The van der Waals surface area contributed by atoms with E-state index in [0.29, 0.717) is 36.3 Å². The third kappa shape index (κ3) is 15.1. The molecule has 3 aromatic heterocycles. The highest BCUT2D eigenvalue weighted by Crippen LogP contribution is 2.35. The number of anilines is 3. The highest BCUT2D eigenvalue weighted by molar-refractivity contribution is 6.01. The second-order valence-corrected chi connectivity index (χ2v) is 22.4. The van der Waals surface area contributed by atoms with E-state index in [0.717, 1.165) is 122 Å². The molecule has 9 N–H and O–H groups in total. The van der Waals surface area contributed by atoms with Gasteiger partial charge >= 0.3 is 0 Å². The van der Waals surface area contributed by atoms with E-state index in [1.807, 2.05) is 166 Å². The lowest BCUT2D eigenvalue weighted by molar-refractivity contribution is -0.126. The van der Waals surface area contributed by atoms with Gasteiger partial charge in [-0.2, -0.15) is 0 Å². The average Bonchev–Trinajstić information content (AvgIpc) is 4.26. The van der Waals surface area contributed by atoms with E-state index in [1.54, 1.807) is 0 Å². The highest BCUT2D eigenvalue weighted by Gasteiger charge is 2.27. The van der Waals surface area contributed by atoms with E-state index in [1.165, 1.54) is 0 Å². The first kappa shape index (κ1) is 60.4. The number of benzene rings is 6. The molecule has 0 radical (unpaired) electrons. The van der Waals surface area contributed by atoms with Crippen molar-refractivity contribution in [2.24, 2.45) is 0 Å². The summed E-state index contributed by atoms with van der Waals surface area (Å²) in [6.45, 7) is 12.0. The van der Waals surface area contributed by atoms with Crippen molar-refractivity contribution in [3.63, 3.8) is 0 Å². The molecule has 0 spiro atoms. The first-order valence-corrected chi connectivity index (χ1v) is 30.0. The number of amides is 6. The lowest BCUT2D eigenvalue weighted by Gasteiger charge is -2.22. The van der Waals surface area contributed by atoms with Crippen LogP contribution in [-0.4, -0.2) is 68.5 Å². The van der Waals surface area contributed by atoms with Crippen molar-refractivity contribution in [2.45, 2.75) is 143 Å². The van der Waals surface area contributed by atoms with E-state index in [4.69, 9.17) is 0 Å². The lowest BCUT2D eigenvalue weighted by Crippen LogP contribution is -2.44. The molecule has 9 rings (SSSR count). The summed E-state index contributed by atoms with van der Waals surface area (Å²) in [6.07, 6.45) is 6.66. The van der Waals surface area contributed by atoms with E-state index >= 15 is 0 Å². The number of fused-ring (bicyclic) bond motifs is 3. The lowest BCUT2D eigenvalue weighted by atomic mass is 9.85. The molecule has 0 bridgehead atoms. The van der Waals surface area contributed by atoms with Gasteiger partial charge in [0, 0.05) is 72.8 Å². The molecule has 85 heavy (non-hydrogen) atoms. The molecule has 0 aliphatic carbocycles. The number of hydrogen-bond acceptors (Lipinski definition) is 6. The molecule has 440 valence electrons. The molecular formula is C70H79N9O6. The Hall–Kier alpha value is -9.24. The minimum atomic E-state index is -0.746. The van der Waals surface area contributed by atoms with Gasteiger partial charge in [-0.1, -0.05) is 150 Å².